The molecule has 0 aromatic heterocycles. The van der Waals surface area contributed by atoms with Crippen LogP contribution in [-0.2, 0) is 0 Å². The number of hydrogen-bond donors (Lipinski definition) is 0. The molecule has 3 nitrogen and oxygen atoms in total. The van der Waals surface area contributed by atoms with Gasteiger partial charge in [-0.25, -0.2) is 0 Å². The van der Waals surface area contributed by atoms with Crippen LogP contribution in [0.1, 0.15) is 39.0 Å². The molecule has 0 bridgehead atoms. The Morgan fingerprint density at radius 1 is 0.938 bits per heavy atom. The minimum Gasteiger partial charge on any atom is -0.301 e. The summed E-state index contributed by atoms with van der Waals surface area (Å²) < 4.78 is 0. The largest absolute Gasteiger partial charge is 0.301 e. The van der Waals surface area contributed by atoms with Gasteiger partial charge in [0.15, 0.2) is 0 Å². The molecule has 3 heteroatoms. The molecular formula is C13H25N3. The Kier molecular flexibility index (Phi) is 7.20. The number of piperazine rings is 1. The first-order valence-electron chi connectivity index (χ1n) is 6.68. The van der Waals surface area contributed by atoms with Crippen molar-refractivity contribution in [3.8, 4) is 6.07 Å². The lowest BCUT2D eigenvalue weighted by Crippen LogP contribution is -2.46. The van der Waals surface area contributed by atoms with E-state index in [1.165, 1.54) is 38.6 Å². The van der Waals surface area contributed by atoms with Crippen LogP contribution in [0.2, 0.25) is 0 Å². The van der Waals surface area contributed by atoms with Crippen molar-refractivity contribution in [2.75, 3.05) is 39.3 Å². The predicted molar refractivity (Wildman–Crippen MR) is 67.3 cm³/mol. The molecule has 0 unspecified atom stereocenters. The second kappa shape index (κ2) is 8.55. The fourth-order valence-corrected chi connectivity index (χ4v) is 2.21. The highest BCUT2D eigenvalue weighted by atomic mass is 15.3. The van der Waals surface area contributed by atoms with Crippen LogP contribution in [0.15, 0.2) is 0 Å². The van der Waals surface area contributed by atoms with E-state index in [0.717, 1.165) is 26.2 Å². The second-order valence-corrected chi connectivity index (χ2v) is 4.69. The number of rotatable bonds is 7. The number of nitrogens with zero attached hydrogens (tertiary/aromatic N) is 3. The number of hydrogen-bond acceptors (Lipinski definition) is 3. The van der Waals surface area contributed by atoms with Crippen molar-refractivity contribution in [2.24, 2.45) is 0 Å². The standard InChI is InChI=1S/C13H25N3/c1-2-3-4-5-6-8-15-10-12-16(9-7-14)13-11-15/h2-6,8-13H2,1H3. The fraction of sp³-hybridized carbons (Fsp3) is 0.923. The molecule has 1 saturated heterocycles. The monoisotopic (exact) mass is 223 g/mol. The van der Waals surface area contributed by atoms with E-state index in [9.17, 15) is 0 Å². The van der Waals surface area contributed by atoms with E-state index in [-0.39, 0.29) is 0 Å². The smallest absolute Gasteiger partial charge is 0.0866 e. The second-order valence-electron chi connectivity index (χ2n) is 4.69. The molecule has 0 aromatic carbocycles. The van der Waals surface area contributed by atoms with Crippen LogP contribution in [0.4, 0.5) is 0 Å². The summed E-state index contributed by atoms with van der Waals surface area (Å²) in [6, 6.07) is 2.23. The third-order valence-electron chi connectivity index (χ3n) is 3.34. The summed E-state index contributed by atoms with van der Waals surface area (Å²) in [5.41, 5.74) is 0. The first-order valence-corrected chi connectivity index (χ1v) is 6.68. The molecule has 0 aromatic rings. The highest BCUT2D eigenvalue weighted by Crippen LogP contribution is 2.06. The average molecular weight is 223 g/mol. The van der Waals surface area contributed by atoms with Crippen molar-refractivity contribution in [1.29, 1.82) is 5.26 Å². The summed E-state index contributed by atoms with van der Waals surface area (Å²) in [4.78, 5) is 4.79. The average Bonchev–Trinajstić information content (AvgIpc) is 2.31. The quantitative estimate of drug-likeness (QED) is 0.489. The zero-order valence-corrected chi connectivity index (χ0v) is 10.6. The summed E-state index contributed by atoms with van der Waals surface area (Å²) in [5.74, 6) is 0. The third kappa shape index (κ3) is 5.48. The molecule has 0 amide bonds. The molecule has 0 atom stereocenters. The summed E-state index contributed by atoms with van der Waals surface area (Å²) in [7, 11) is 0. The van der Waals surface area contributed by atoms with Gasteiger partial charge >= 0.3 is 0 Å². The van der Waals surface area contributed by atoms with Gasteiger partial charge in [-0.2, -0.15) is 5.26 Å². The molecule has 0 aliphatic carbocycles. The molecule has 1 fully saturated rings. The van der Waals surface area contributed by atoms with Crippen LogP contribution in [-0.4, -0.2) is 49.1 Å². The Labute approximate surface area is 100 Å². The van der Waals surface area contributed by atoms with E-state index < -0.39 is 0 Å². The first kappa shape index (κ1) is 13.5. The zero-order chi connectivity index (χ0) is 11.6. The van der Waals surface area contributed by atoms with E-state index in [2.05, 4.69) is 22.8 Å². The van der Waals surface area contributed by atoms with Crippen molar-refractivity contribution in [3.05, 3.63) is 0 Å². The van der Waals surface area contributed by atoms with Gasteiger partial charge in [0.2, 0.25) is 0 Å². The molecule has 0 radical (unpaired) electrons. The van der Waals surface area contributed by atoms with Gasteiger partial charge in [0, 0.05) is 26.2 Å². The Morgan fingerprint density at radius 2 is 1.56 bits per heavy atom. The Bertz CT molecular complexity index is 202. The summed E-state index contributed by atoms with van der Waals surface area (Å²) >= 11 is 0. The van der Waals surface area contributed by atoms with E-state index in [0.29, 0.717) is 6.54 Å². The highest BCUT2D eigenvalue weighted by molar-refractivity contribution is 4.80. The Balaban J connectivity index is 1.98. The number of nitriles is 1. The molecule has 0 saturated carbocycles. The van der Waals surface area contributed by atoms with Crippen LogP contribution in [0.5, 0.6) is 0 Å². The normalized spacial score (nSPS) is 18.5. The Morgan fingerprint density at radius 3 is 2.19 bits per heavy atom. The van der Waals surface area contributed by atoms with E-state index >= 15 is 0 Å². The lowest BCUT2D eigenvalue weighted by molar-refractivity contribution is 0.142. The molecule has 1 rings (SSSR count). The van der Waals surface area contributed by atoms with Crippen LogP contribution >= 0.6 is 0 Å². The lowest BCUT2D eigenvalue weighted by atomic mass is 10.1. The van der Waals surface area contributed by atoms with Crippen molar-refractivity contribution in [2.45, 2.75) is 39.0 Å². The molecule has 0 N–H and O–H groups in total. The summed E-state index contributed by atoms with van der Waals surface area (Å²) in [6.45, 7) is 8.55. The van der Waals surface area contributed by atoms with E-state index in [4.69, 9.17) is 5.26 Å². The molecule has 1 aliphatic heterocycles. The maximum Gasteiger partial charge on any atom is 0.0866 e. The highest BCUT2D eigenvalue weighted by Gasteiger charge is 2.15. The third-order valence-corrected chi connectivity index (χ3v) is 3.34. The van der Waals surface area contributed by atoms with Crippen molar-refractivity contribution < 1.29 is 0 Å². The van der Waals surface area contributed by atoms with E-state index in [1.54, 1.807) is 0 Å². The van der Waals surface area contributed by atoms with Gasteiger partial charge < -0.3 is 4.90 Å². The minimum atomic E-state index is 0.602. The lowest BCUT2D eigenvalue weighted by Gasteiger charge is -2.33. The maximum absolute atomic E-state index is 8.60. The van der Waals surface area contributed by atoms with Gasteiger partial charge in [-0.05, 0) is 13.0 Å². The summed E-state index contributed by atoms with van der Waals surface area (Å²) in [5, 5.41) is 8.60. The van der Waals surface area contributed by atoms with Gasteiger partial charge in [-0.1, -0.05) is 32.6 Å². The van der Waals surface area contributed by atoms with Gasteiger partial charge in [-0.3, -0.25) is 4.90 Å². The minimum absolute atomic E-state index is 0.602. The van der Waals surface area contributed by atoms with Gasteiger partial charge in [-0.15, -0.1) is 0 Å². The van der Waals surface area contributed by atoms with Crippen LogP contribution in [0.3, 0.4) is 0 Å². The molecule has 1 aliphatic rings. The predicted octanol–water partition coefficient (Wildman–Crippen LogP) is 2.10. The first-order chi connectivity index (χ1) is 7.86. The SMILES string of the molecule is CCCCCCCN1CCN(CC#N)CC1. The van der Waals surface area contributed by atoms with Crippen LogP contribution in [0, 0.1) is 11.3 Å². The summed E-state index contributed by atoms with van der Waals surface area (Å²) in [6.07, 6.45) is 6.83. The maximum atomic E-state index is 8.60. The molecule has 1 heterocycles. The van der Waals surface area contributed by atoms with Crippen molar-refractivity contribution in [3.63, 3.8) is 0 Å². The van der Waals surface area contributed by atoms with Crippen molar-refractivity contribution in [1.82, 2.24) is 9.80 Å². The zero-order valence-electron chi connectivity index (χ0n) is 10.6. The molecular weight excluding hydrogens is 198 g/mol. The van der Waals surface area contributed by atoms with Gasteiger partial charge in [0.25, 0.3) is 0 Å². The Hall–Kier alpha value is -0.590. The van der Waals surface area contributed by atoms with Gasteiger partial charge in [0.1, 0.15) is 0 Å². The topological polar surface area (TPSA) is 30.3 Å². The van der Waals surface area contributed by atoms with Crippen LogP contribution in [0.25, 0.3) is 0 Å². The number of unbranched alkanes of at least 4 members (excludes halogenated alkanes) is 4. The van der Waals surface area contributed by atoms with Crippen molar-refractivity contribution >= 4 is 0 Å². The van der Waals surface area contributed by atoms with Gasteiger partial charge in [0.05, 0.1) is 12.6 Å². The van der Waals surface area contributed by atoms with Crippen LogP contribution < -0.4 is 0 Å². The molecule has 92 valence electrons. The fourth-order valence-electron chi connectivity index (χ4n) is 2.21. The molecule has 0 spiro atoms. The molecule has 16 heavy (non-hydrogen) atoms. The van der Waals surface area contributed by atoms with E-state index in [1.807, 2.05) is 0 Å².